The van der Waals surface area contributed by atoms with Crippen molar-refractivity contribution < 1.29 is 0 Å². The first-order valence-corrected chi connectivity index (χ1v) is 5.29. The molecule has 2 aromatic heterocycles. The summed E-state index contributed by atoms with van der Waals surface area (Å²) >= 11 is 0. The highest BCUT2D eigenvalue weighted by atomic mass is 15.3. The average molecular weight is 232 g/mol. The summed E-state index contributed by atoms with van der Waals surface area (Å²) in [6.07, 6.45) is 3.59. The minimum Gasteiger partial charge on any atom is -0.383 e. The summed E-state index contributed by atoms with van der Waals surface area (Å²) < 4.78 is 1.72. The molecule has 0 aromatic carbocycles. The molecule has 0 saturated carbocycles. The summed E-state index contributed by atoms with van der Waals surface area (Å²) in [6, 6.07) is 3.61. The quantitative estimate of drug-likeness (QED) is 0.521. The number of aromatic nitrogens is 3. The van der Waals surface area contributed by atoms with Gasteiger partial charge in [0.15, 0.2) is 0 Å². The van der Waals surface area contributed by atoms with Gasteiger partial charge in [-0.2, -0.15) is 5.10 Å². The summed E-state index contributed by atoms with van der Waals surface area (Å²) in [6.45, 7) is 1.96. The number of hydrazine groups is 1. The highest BCUT2D eigenvalue weighted by Gasteiger charge is 2.18. The molecule has 2 rings (SSSR count). The number of aryl methyl sites for hydroxylation is 2. The Bertz CT molecular complexity index is 518. The molecule has 0 spiro atoms. The van der Waals surface area contributed by atoms with Crippen molar-refractivity contribution in [2.45, 2.75) is 13.0 Å². The maximum absolute atomic E-state index is 5.87. The maximum atomic E-state index is 5.87. The van der Waals surface area contributed by atoms with Crippen molar-refractivity contribution in [2.24, 2.45) is 12.9 Å². The lowest BCUT2D eigenvalue weighted by atomic mass is 10.0. The van der Waals surface area contributed by atoms with E-state index in [0.29, 0.717) is 5.82 Å². The Balaban J connectivity index is 2.45. The van der Waals surface area contributed by atoms with E-state index in [0.717, 1.165) is 16.8 Å². The average Bonchev–Trinajstić information content (AvgIpc) is 2.71. The van der Waals surface area contributed by atoms with Crippen LogP contribution >= 0.6 is 0 Å². The van der Waals surface area contributed by atoms with E-state index in [-0.39, 0.29) is 6.04 Å². The van der Waals surface area contributed by atoms with Crippen LogP contribution in [0.3, 0.4) is 0 Å². The topological polar surface area (TPSA) is 94.8 Å². The van der Waals surface area contributed by atoms with Gasteiger partial charge in [0.1, 0.15) is 5.82 Å². The summed E-state index contributed by atoms with van der Waals surface area (Å²) in [5.74, 6) is 6.04. The Morgan fingerprint density at radius 2 is 2.24 bits per heavy atom. The van der Waals surface area contributed by atoms with E-state index < -0.39 is 0 Å². The van der Waals surface area contributed by atoms with Crippen molar-refractivity contribution in [3.05, 3.63) is 41.3 Å². The van der Waals surface area contributed by atoms with Crippen molar-refractivity contribution >= 4 is 5.82 Å². The number of nitrogens with two attached hydrogens (primary N) is 2. The first-order valence-electron chi connectivity index (χ1n) is 5.29. The minimum atomic E-state index is -0.247. The molecular formula is C11H16N6. The van der Waals surface area contributed by atoms with Crippen molar-refractivity contribution in [3.63, 3.8) is 0 Å². The van der Waals surface area contributed by atoms with E-state index in [4.69, 9.17) is 11.6 Å². The molecule has 6 heteroatoms. The van der Waals surface area contributed by atoms with Gasteiger partial charge in [-0.05, 0) is 24.6 Å². The number of rotatable bonds is 3. The molecule has 17 heavy (non-hydrogen) atoms. The first-order chi connectivity index (χ1) is 8.11. The molecule has 1 unspecified atom stereocenters. The largest absolute Gasteiger partial charge is 0.383 e. The van der Waals surface area contributed by atoms with Crippen LogP contribution in [0, 0.1) is 6.92 Å². The number of hydrogen-bond acceptors (Lipinski definition) is 5. The fraction of sp³-hybridized carbons (Fsp3) is 0.273. The van der Waals surface area contributed by atoms with Crippen LogP contribution in [0.5, 0.6) is 0 Å². The molecule has 90 valence electrons. The van der Waals surface area contributed by atoms with Gasteiger partial charge in [-0.1, -0.05) is 0 Å². The highest BCUT2D eigenvalue weighted by molar-refractivity contribution is 5.45. The van der Waals surface area contributed by atoms with Crippen LogP contribution in [-0.2, 0) is 7.05 Å². The van der Waals surface area contributed by atoms with Crippen molar-refractivity contribution in [1.29, 1.82) is 0 Å². The summed E-state index contributed by atoms with van der Waals surface area (Å²) in [7, 11) is 1.86. The molecule has 0 aliphatic heterocycles. The summed E-state index contributed by atoms with van der Waals surface area (Å²) in [5, 5.41) is 4.32. The van der Waals surface area contributed by atoms with Crippen molar-refractivity contribution in [2.75, 3.05) is 5.73 Å². The van der Waals surface area contributed by atoms with Gasteiger partial charge < -0.3 is 5.73 Å². The van der Waals surface area contributed by atoms with Gasteiger partial charge >= 0.3 is 0 Å². The molecule has 0 saturated heterocycles. The maximum Gasteiger partial charge on any atom is 0.128 e. The second kappa shape index (κ2) is 4.52. The third-order valence-corrected chi connectivity index (χ3v) is 2.59. The molecule has 0 radical (unpaired) electrons. The van der Waals surface area contributed by atoms with Crippen LogP contribution in [0.15, 0.2) is 24.5 Å². The number of hydrogen-bond donors (Lipinski definition) is 3. The molecule has 0 aliphatic rings. The lowest BCUT2D eigenvalue weighted by Crippen LogP contribution is -2.30. The SMILES string of the molecule is Cc1cnc(N)c(C(NN)c2ccn(C)n2)c1. The van der Waals surface area contributed by atoms with Gasteiger partial charge in [0.05, 0.1) is 11.7 Å². The van der Waals surface area contributed by atoms with Crippen molar-refractivity contribution in [1.82, 2.24) is 20.2 Å². The minimum absolute atomic E-state index is 0.247. The van der Waals surface area contributed by atoms with E-state index >= 15 is 0 Å². The molecule has 5 N–H and O–H groups in total. The molecule has 0 aliphatic carbocycles. The van der Waals surface area contributed by atoms with Crippen molar-refractivity contribution in [3.8, 4) is 0 Å². The Hall–Kier alpha value is -1.92. The predicted molar refractivity (Wildman–Crippen MR) is 65.8 cm³/mol. The zero-order valence-corrected chi connectivity index (χ0v) is 9.88. The molecule has 0 amide bonds. The van der Waals surface area contributed by atoms with Crippen LogP contribution in [0.1, 0.15) is 22.9 Å². The van der Waals surface area contributed by atoms with Gasteiger partial charge in [-0.3, -0.25) is 10.5 Å². The molecule has 2 aromatic rings. The second-order valence-electron chi connectivity index (χ2n) is 4.00. The number of anilines is 1. The molecule has 6 nitrogen and oxygen atoms in total. The Kier molecular flexibility index (Phi) is 3.08. The van der Waals surface area contributed by atoms with Gasteiger partial charge in [-0.25, -0.2) is 10.4 Å². The number of pyridine rings is 1. The van der Waals surface area contributed by atoms with Crippen LogP contribution < -0.4 is 17.0 Å². The van der Waals surface area contributed by atoms with E-state index in [2.05, 4.69) is 15.5 Å². The monoisotopic (exact) mass is 232 g/mol. The Morgan fingerprint density at radius 3 is 2.82 bits per heavy atom. The fourth-order valence-electron chi connectivity index (χ4n) is 1.76. The van der Waals surface area contributed by atoms with Gasteiger partial charge in [0, 0.05) is 25.0 Å². The molecule has 0 bridgehead atoms. The van der Waals surface area contributed by atoms with E-state index in [1.807, 2.05) is 32.3 Å². The number of nitrogens with one attached hydrogen (secondary N) is 1. The number of nitrogen functional groups attached to an aromatic ring is 1. The lowest BCUT2D eigenvalue weighted by molar-refractivity contribution is 0.603. The van der Waals surface area contributed by atoms with E-state index in [1.165, 1.54) is 0 Å². The first kappa shape index (κ1) is 11.6. The molecule has 2 heterocycles. The van der Waals surface area contributed by atoms with Gasteiger partial charge in [0.2, 0.25) is 0 Å². The van der Waals surface area contributed by atoms with E-state index in [9.17, 15) is 0 Å². The second-order valence-corrected chi connectivity index (χ2v) is 4.00. The molecule has 0 fully saturated rings. The normalized spacial score (nSPS) is 12.6. The summed E-state index contributed by atoms with van der Waals surface area (Å²) in [4.78, 5) is 4.13. The van der Waals surface area contributed by atoms with Gasteiger partial charge in [-0.15, -0.1) is 0 Å². The van der Waals surface area contributed by atoms with Crippen LogP contribution in [0.25, 0.3) is 0 Å². The molecule has 1 atom stereocenters. The van der Waals surface area contributed by atoms with Crippen LogP contribution in [0.4, 0.5) is 5.82 Å². The van der Waals surface area contributed by atoms with E-state index in [1.54, 1.807) is 10.9 Å². The third kappa shape index (κ3) is 2.27. The number of nitrogens with zero attached hydrogens (tertiary/aromatic N) is 3. The predicted octanol–water partition coefficient (Wildman–Crippen LogP) is 0.258. The third-order valence-electron chi connectivity index (χ3n) is 2.59. The molecular weight excluding hydrogens is 216 g/mol. The summed E-state index contributed by atoms with van der Waals surface area (Å²) in [5.41, 5.74) is 11.3. The highest BCUT2D eigenvalue weighted by Crippen LogP contribution is 2.24. The fourth-order valence-corrected chi connectivity index (χ4v) is 1.76. The zero-order valence-electron chi connectivity index (χ0n) is 9.88. The zero-order chi connectivity index (χ0) is 12.4. The Labute approximate surface area is 99.6 Å². The lowest BCUT2D eigenvalue weighted by Gasteiger charge is -2.16. The smallest absolute Gasteiger partial charge is 0.128 e. The Morgan fingerprint density at radius 1 is 1.47 bits per heavy atom. The van der Waals surface area contributed by atoms with Crippen LogP contribution in [0.2, 0.25) is 0 Å². The standard InChI is InChI=1S/C11H16N6/c1-7-5-8(11(12)14-6-7)10(15-13)9-3-4-17(2)16-9/h3-6,10,15H,13H2,1-2H3,(H2,12,14). The van der Waals surface area contributed by atoms with Gasteiger partial charge in [0.25, 0.3) is 0 Å². The van der Waals surface area contributed by atoms with Crippen LogP contribution in [-0.4, -0.2) is 14.8 Å².